The lowest BCUT2D eigenvalue weighted by molar-refractivity contribution is 0.459. The van der Waals surface area contributed by atoms with E-state index in [1.54, 1.807) is 18.2 Å². The first-order valence-corrected chi connectivity index (χ1v) is 6.54. The van der Waals surface area contributed by atoms with Crippen molar-refractivity contribution in [1.29, 1.82) is 0 Å². The maximum atomic E-state index is 12.0. The number of phenolic OH excluding ortho intramolecular Hbond substituents is 1. The Balaban J connectivity index is 2.48. The average Bonchev–Trinajstić information content (AvgIpc) is 2.48. The molecule has 16 heavy (non-hydrogen) atoms. The number of aromatic hydroxyl groups is 1. The second-order valence-corrected chi connectivity index (χ2v) is 5.53. The Labute approximate surface area is 94.5 Å². The number of nitrogens with one attached hydrogen (secondary N) is 1. The highest BCUT2D eigenvalue weighted by Gasteiger charge is 2.31. The van der Waals surface area contributed by atoms with E-state index in [1.807, 2.05) is 6.92 Å². The summed E-state index contributed by atoms with van der Waals surface area (Å²) < 4.78 is 24.1. The molecule has 1 aromatic rings. The van der Waals surface area contributed by atoms with Crippen LogP contribution in [-0.4, -0.2) is 26.6 Å². The first-order valence-electron chi connectivity index (χ1n) is 5.05. The molecule has 0 spiro atoms. The highest BCUT2D eigenvalue weighted by atomic mass is 32.2. The predicted octanol–water partition coefficient (Wildman–Crippen LogP) is 1.13. The summed E-state index contributed by atoms with van der Waals surface area (Å²) in [5, 5.41) is 12.5. The van der Waals surface area contributed by atoms with Crippen molar-refractivity contribution in [3.8, 4) is 5.75 Å². The van der Waals surface area contributed by atoms with Crippen molar-refractivity contribution in [3.05, 3.63) is 28.7 Å². The van der Waals surface area contributed by atoms with Gasteiger partial charge in [-0.05, 0) is 24.3 Å². The van der Waals surface area contributed by atoms with Gasteiger partial charge in [0.25, 0.3) is 0 Å². The van der Waals surface area contributed by atoms with E-state index in [-0.39, 0.29) is 10.6 Å². The zero-order valence-electron chi connectivity index (χ0n) is 8.90. The van der Waals surface area contributed by atoms with Crippen LogP contribution in [0.5, 0.6) is 5.75 Å². The van der Waals surface area contributed by atoms with E-state index >= 15 is 0 Å². The van der Waals surface area contributed by atoms with Gasteiger partial charge in [0.15, 0.2) is 0 Å². The van der Waals surface area contributed by atoms with Gasteiger partial charge < -0.3 is 10.4 Å². The van der Waals surface area contributed by atoms with Crippen LogP contribution in [-0.2, 0) is 9.84 Å². The van der Waals surface area contributed by atoms with Gasteiger partial charge in [-0.3, -0.25) is 0 Å². The Morgan fingerprint density at radius 3 is 2.75 bits per heavy atom. The molecule has 5 heteroatoms. The van der Waals surface area contributed by atoms with E-state index in [0.717, 1.165) is 0 Å². The van der Waals surface area contributed by atoms with Crippen molar-refractivity contribution in [2.75, 3.05) is 13.1 Å². The summed E-state index contributed by atoms with van der Waals surface area (Å²) >= 11 is 0. The number of phenols is 1. The summed E-state index contributed by atoms with van der Waals surface area (Å²) in [5.41, 5.74) is 0.563. The Bertz CT molecular complexity index is 546. The van der Waals surface area contributed by atoms with E-state index in [4.69, 9.17) is 0 Å². The number of fused-ring (bicyclic) bond motifs is 1. The SMILES string of the molecule is CCNCC1=Cc2cccc(O)c2S1(=O)=O. The fraction of sp³-hybridized carbons (Fsp3) is 0.273. The number of rotatable bonds is 3. The fourth-order valence-corrected chi connectivity index (χ4v) is 3.34. The minimum atomic E-state index is -3.50. The lowest BCUT2D eigenvalue weighted by Gasteiger charge is -2.05. The average molecular weight is 239 g/mol. The number of sulfone groups is 1. The van der Waals surface area contributed by atoms with Crippen LogP contribution in [0.3, 0.4) is 0 Å². The summed E-state index contributed by atoms with van der Waals surface area (Å²) in [6.07, 6.45) is 1.60. The summed E-state index contributed by atoms with van der Waals surface area (Å²) in [5.74, 6) is -0.180. The molecule has 1 heterocycles. The Hall–Kier alpha value is -1.33. The van der Waals surface area contributed by atoms with Gasteiger partial charge in [-0.1, -0.05) is 19.1 Å². The van der Waals surface area contributed by atoms with Crippen LogP contribution in [0, 0.1) is 0 Å². The molecule has 0 unspecified atom stereocenters. The molecule has 1 aromatic carbocycles. The minimum absolute atomic E-state index is 0.0305. The van der Waals surface area contributed by atoms with Gasteiger partial charge in [-0.25, -0.2) is 8.42 Å². The third-order valence-electron chi connectivity index (χ3n) is 2.50. The highest BCUT2D eigenvalue weighted by Crippen LogP contribution is 2.37. The Morgan fingerprint density at radius 1 is 1.38 bits per heavy atom. The molecule has 2 N–H and O–H groups in total. The van der Waals surface area contributed by atoms with Crippen LogP contribution < -0.4 is 5.32 Å². The molecule has 0 saturated heterocycles. The van der Waals surface area contributed by atoms with E-state index < -0.39 is 9.84 Å². The molecule has 2 rings (SSSR count). The van der Waals surface area contributed by atoms with Crippen molar-refractivity contribution >= 4 is 15.9 Å². The quantitative estimate of drug-likeness (QED) is 0.829. The van der Waals surface area contributed by atoms with Crippen molar-refractivity contribution in [3.63, 3.8) is 0 Å². The number of hydrogen-bond acceptors (Lipinski definition) is 4. The largest absolute Gasteiger partial charge is 0.507 e. The molecule has 4 nitrogen and oxygen atoms in total. The van der Waals surface area contributed by atoms with Crippen molar-refractivity contribution in [1.82, 2.24) is 5.32 Å². The maximum absolute atomic E-state index is 12.0. The summed E-state index contributed by atoms with van der Waals surface area (Å²) in [6, 6.07) is 4.71. The van der Waals surface area contributed by atoms with E-state index in [1.165, 1.54) is 6.07 Å². The number of benzene rings is 1. The Morgan fingerprint density at radius 2 is 2.12 bits per heavy atom. The van der Waals surface area contributed by atoms with Crippen LogP contribution in [0.1, 0.15) is 12.5 Å². The summed E-state index contributed by atoms with van der Waals surface area (Å²) in [7, 11) is -3.50. The molecule has 0 radical (unpaired) electrons. The monoisotopic (exact) mass is 239 g/mol. The molecule has 0 atom stereocenters. The normalized spacial score (nSPS) is 16.9. The first kappa shape index (κ1) is 11.2. The lowest BCUT2D eigenvalue weighted by Crippen LogP contribution is -2.19. The standard InChI is InChI=1S/C11H13NO3S/c1-2-12-7-9-6-8-4-3-5-10(13)11(8)16(9,14)15/h3-6,12-13H,2,7H2,1H3. The molecule has 1 aliphatic rings. The Kier molecular flexibility index (Phi) is 2.73. The number of hydrogen-bond donors (Lipinski definition) is 2. The minimum Gasteiger partial charge on any atom is -0.507 e. The van der Waals surface area contributed by atoms with Crippen molar-refractivity contribution in [2.24, 2.45) is 0 Å². The topological polar surface area (TPSA) is 66.4 Å². The molecule has 0 bridgehead atoms. The van der Waals surface area contributed by atoms with E-state index in [2.05, 4.69) is 5.32 Å². The second-order valence-electron chi connectivity index (χ2n) is 3.59. The second kappa shape index (κ2) is 3.92. The highest BCUT2D eigenvalue weighted by molar-refractivity contribution is 7.96. The molecule has 1 aliphatic heterocycles. The van der Waals surface area contributed by atoms with E-state index in [0.29, 0.717) is 23.6 Å². The van der Waals surface area contributed by atoms with Crippen molar-refractivity contribution in [2.45, 2.75) is 11.8 Å². The van der Waals surface area contributed by atoms with Gasteiger partial charge in [0.05, 0.1) is 4.91 Å². The summed E-state index contributed by atoms with van der Waals surface area (Å²) in [4.78, 5) is 0.341. The predicted molar refractivity (Wildman–Crippen MR) is 61.8 cm³/mol. The number of likely N-dealkylation sites (N-methyl/N-ethyl adjacent to an activating group) is 1. The van der Waals surface area contributed by atoms with Gasteiger partial charge in [0, 0.05) is 6.54 Å². The first-order chi connectivity index (χ1) is 7.57. The molecule has 0 aliphatic carbocycles. The van der Waals surface area contributed by atoms with Crippen LogP contribution in [0.2, 0.25) is 0 Å². The smallest absolute Gasteiger partial charge is 0.208 e. The molecular formula is C11H13NO3S. The van der Waals surface area contributed by atoms with Gasteiger partial charge in [0.2, 0.25) is 9.84 Å². The zero-order chi connectivity index (χ0) is 11.8. The third-order valence-corrected chi connectivity index (χ3v) is 4.44. The molecule has 0 saturated carbocycles. The van der Waals surface area contributed by atoms with E-state index in [9.17, 15) is 13.5 Å². The fourth-order valence-electron chi connectivity index (χ4n) is 1.73. The van der Waals surface area contributed by atoms with Crippen LogP contribution in [0.25, 0.3) is 6.08 Å². The van der Waals surface area contributed by atoms with Gasteiger partial charge >= 0.3 is 0 Å². The maximum Gasteiger partial charge on any atom is 0.208 e. The molecular weight excluding hydrogens is 226 g/mol. The molecule has 0 aromatic heterocycles. The lowest BCUT2D eigenvalue weighted by atomic mass is 10.2. The zero-order valence-corrected chi connectivity index (χ0v) is 9.71. The van der Waals surface area contributed by atoms with Gasteiger partial charge in [0.1, 0.15) is 10.6 Å². The third kappa shape index (κ3) is 1.62. The summed E-state index contributed by atoms with van der Waals surface area (Å²) in [6.45, 7) is 2.91. The molecule has 0 amide bonds. The molecule has 0 fully saturated rings. The van der Waals surface area contributed by atoms with Crippen molar-refractivity contribution < 1.29 is 13.5 Å². The van der Waals surface area contributed by atoms with Crippen LogP contribution >= 0.6 is 0 Å². The van der Waals surface area contributed by atoms with Crippen LogP contribution in [0.15, 0.2) is 28.0 Å². The van der Waals surface area contributed by atoms with Gasteiger partial charge in [-0.15, -0.1) is 0 Å². The van der Waals surface area contributed by atoms with Gasteiger partial charge in [-0.2, -0.15) is 0 Å². The molecule has 86 valence electrons. The van der Waals surface area contributed by atoms with Crippen LogP contribution in [0.4, 0.5) is 0 Å².